The van der Waals surface area contributed by atoms with Crippen LogP contribution in [0.3, 0.4) is 0 Å². The fourth-order valence-corrected chi connectivity index (χ4v) is 2.71. The Morgan fingerprint density at radius 3 is 2.38 bits per heavy atom. The van der Waals surface area contributed by atoms with Crippen LogP contribution < -0.4 is 16.4 Å². The summed E-state index contributed by atoms with van der Waals surface area (Å²) >= 11 is 0. The van der Waals surface area contributed by atoms with Gasteiger partial charge < -0.3 is 16.4 Å². The van der Waals surface area contributed by atoms with E-state index in [9.17, 15) is 19.2 Å². The van der Waals surface area contributed by atoms with E-state index in [0.29, 0.717) is 37.3 Å². The number of anilines is 1. The number of nitriles is 1. The van der Waals surface area contributed by atoms with E-state index in [0.717, 1.165) is 6.42 Å². The predicted molar refractivity (Wildman–Crippen MR) is 107 cm³/mol. The Morgan fingerprint density at radius 2 is 1.79 bits per heavy atom. The number of aromatic nitrogens is 2. The number of benzene rings is 1. The van der Waals surface area contributed by atoms with Crippen LogP contribution in [0.1, 0.15) is 43.9 Å². The van der Waals surface area contributed by atoms with Gasteiger partial charge in [0.1, 0.15) is 23.3 Å². The highest BCUT2D eigenvalue weighted by molar-refractivity contribution is 5.83. The summed E-state index contributed by atoms with van der Waals surface area (Å²) in [5, 5.41) is 19.2. The zero-order valence-corrected chi connectivity index (χ0v) is 16.4. The van der Waals surface area contributed by atoms with E-state index in [2.05, 4.69) is 21.8 Å². The Balaban J connectivity index is 1.85. The van der Waals surface area contributed by atoms with Crippen LogP contribution in [0.4, 0.5) is 10.2 Å². The van der Waals surface area contributed by atoms with Crippen LogP contribution in [0.15, 0.2) is 24.3 Å². The SMILES string of the molecule is CCCNC(=O)CCC(=O)NCCCc1nn(-c2ccc(F)cc2)c(N)c1C#N. The molecular weight excluding hydrogens is 375 g/mol. The number of nitrogen functional groups attached to an aromatic ring is 1. The van der Waals surface area contributed by atoms with Crippen molar-refractivity contribution in [1.82, 2.24) is 20.4 Å². The van der Waals surface area contributed by atoms with Crippen molar-refractivity contribution in [2.75, 3.05) is 18.8 Å². The van der Waals surface area contributed by atoms with Gasteiger partial charge in [-0.05, 0) is 43.5 Å². The fourth-order valence-electron chi connectivity index (χ4n) is 2.71. The first-order valence-corrected chi connectivity index (χ1v) is 9.53. The van der Waals surface area contributed by atoms with Gasteiger partial charge in [0.25, 0.3) is 0 Å². The van der Waals surface area contributed by atoms with Crippen molar-refractivity contribution in [2.24, 2.45) is 0 Å². The number of aryl methyl sites for hydroxylation is 1. The summed E-state index contributed by atoms with van der Waals surface area (Å²) in [6.07, 6.45) is 2.14. The maximum Gasteiger partial charge on any atom is 0.220 e. The summed E-state index contributed by atoms with van der Waals surface area (Å²) in [5.41, 5.74) is 7.36. The molecule has 0 bridgehead atoms. The highest BCUT2D eigenvalue weighted by atomic mass is 19.1. The molecule has 154 valence electrons. The molecule has 0 spiro atoms. The number of hydrogen-bond acceptors (Lipinski definition) is 5. The third-order valence-electron chi connectivity index (χ3n) is 4.24. The summed E-state index contributed by atoms with van der Waals surface area (Å²) in [7, 11) is 0. The molecular formula is C20H25FN6O2. The van der Waals surface area contributed by atoms with Crippen LogP contribution in [0.25, 0.3) is 5.69 Å². The van der Waals surface area contributed by atoms with Crippen molar-refractivity contribution in [3.05, 3.63) is 41.3 Å². The standard InChI is InChI=1S/C20H25FN6O2/c1-2-11-24-18(28)9-10-19(29)25-12-3-4-17-16(13-22)20(23)27(26-17)15-7-5-14(21)6-8-15/h5-8H,2-4,9-12,23H2,1H3,(H,24,28)(H,25,29). The lowest BCUT2D eigenvalue weighted by Crippen LogP contribution is -2.28. The summed E-state index contributed by atoms with van der Waals surface area (Å²) in [6.45, 7) is 2.96. The minimum Gasteiger partial charge on any atom is -0.382 e. The average molecular weight is 400 g/mol. The summed E-state index contributed by atoms with van der Waals surface area (Å²) in [6, 6.07) is 7.69. The third kappa shape index (κ3) is 6.31. The number of halogens is 1. The van der Waals surface area contributed by atoms with Crippen LogP contribution in [-0.4, -0.2) is 34.7 Å². The number of nitrogens with one attached hydrogen (secondary N) is 2. The summed E-state index contributed by atoms with van der Waals surface area (Å²) < 4.78 is 14.5. The Morgan fingerprint density at radius 1 is 1.17 bits per heavy atom. The lowest BCUT2D eigenvalue weighted by Gasteiger charge is -2.05. The van der Waals surface area contributed by atoms with E-state index in [4.69, 9.17) is 5.73 Å². The molecule has 0 aliphatic carbocycles. The molecule has 0 aliphatic heterocycles. The van der Waals surface area contributed by atoms with Crippen LogP contribution >= 0.6 is 0 Å². The number of nitrogens with two attached hydrogens (primary N) is 1. The van der Waals surface area contributed by atoms with E-state index in [1.54, 1.807) is 0 Å². The van der Waals surface area contributed by atoms with Gasteiger partial charge in [-0.15, -0.1) is 0 Å². The van der Waals surface area contributed by atoms with Crippen LogP contribution in [0.5, 0.6) is 0 Å². The van der Waals surface area contributed by atoms with Gasteiger partial charge in [0.15, 0.2) is 0 Å². The van der Waals surface area contributed by atoms with E-state index >= 15 is 0 Å². The van der Waals surface area contributed by atoms with E-state index in [1.807, 2.05) is 6.92 Å². The maximum absolute atomic E-state index is 13.1. The van der Waals surface area contributed by atoms with Gasteiger partial charge in [-0.3, -0.25) is 9.59 Å². The molecule has 0 fully saturated rings. The molecule has 2 aromatic rings. The van der Waals surface area contributed by atoms with Crippen LogP contribution in [-0.2, 0) is 16.0 Å². The number of nitrogens with zero attached hydrogens (tertiary/aromatic N) is 3. The molecule has 0 radical (unpaired) electrons. The van der Waals surface area contributed by atoms with Crippen LogP contribution in [0.2, 0.25) is 0 Å². The molecule has 2 amide bonds. The monoisotopic (exact) mass is 400 g/mol. The molecule has 1 heterocycles. The molecule has 1 aromatic heterocycles. The minimum absolute atomic E-state index is 0.130. The van der Waals surface area contributed by atoms with Crippen molar-refractivity contribution < 1.29 is 14.0 Å². The average Bonchev–Trinajstić information content (AvgIpc) is 3.03. The van der Waals surface area contributed by atoms with Gasteiger partial charge >= 0.3 is 0 Å². The Kier molecular flexibility index (Phi) is 8.15. The highest BCUT2D eigenvalue weighted by Gasteiger charge is 2.16. The first kappa shape index (κ1) is 21.9. The smallest absolute Gasteiger partial charge is 0.220 e. The molecule has 8 nitrogen and oxygen atoms in total. The quantitative estimate of drug-likeness (QED) is 0.525. The second kappa shape index (κ2) is 10.8. The van der Waals surface area contributed by atoms with Crippen molar-refractivity contribution >= 4 is 17.6 Å². The van der Waals surface area contributed by atoms with E-state index in [-0.39, 0.29) is 41.9 Å². The Bertz CT molecular complexity index is 886. The summed E-state index contributed by atoms with van der Waals surface area (Å²) in [4.78, 5) is 23.3. The molecule has 0 saturated carbocycles. The Labute approximate surface area is 168 Å². The first-order valence-electron chi connectivity index (χ1n) is 9.53. The topological polar surface area (TPSA) is 126 Å². The lowest BCUT2D eigenvalue weighted by molar-refractivity contribution is -0.126. The number of amides is 2. The molecule has 1 aromatic carbocycles. The normalized spacial score (nSPS) is 10.4. The van der Waals surface area contributed by atoms with Crippen molar-refractivity contribution in [1.29, 1.82) is 5.26 Å². The Hall–Kier alpha value is -3.41. The van der Waals surface area contributed by atoms with Gasteiger partial charge in [-0.2, -0.15) is 10.4 Å². The number of rotatable bonds is 10. The molecule has 29 heavy (non-hydrogen) atoms. The number of carbonyl (C=O) groups is 2. The molecule has 0 unspecified atom stereocenters. The van der Waals surface area contributed by atoms with Gasteiger partial charge in [0.05, 0.1) is 11.4 Å². The van der Waals surface area contributed by atoms with Crippen molar-refractivity contribution in [2.45, 2.75) is 39.0 Å². The third-order valence-corrected chi connectivity index (χ3v) is 4.24. The van der Waals surface area contributed by atoms with E-state index in [1.165, 1.54) is 28.9 Å². The van der Waals surface area contributed by atoms with Gasteiger partial charge in [-0.25, -0.2) is 9.07 Å². The largest absolute Gasteiger partial charge is 0.382 e. The first-order chi connectivity index (χ1) is 14.0. The molecule has 2 rings (SSSR count). The number of carbonyl (C=O) groups excluding carboxylic acids is 2. The highest BCUT2D eigenvalue weighted by Crippen LogP contribution is 2.21. The maximum atomic E-state index is 13.1. The van der Waals surface area contributed by atoms with Gasteiger partial charge in [-0.1, -0.05) is 6.92 Å². The zero-order valence-electron chi connectivity index (χ0n) is 16.4. The second-order valence-corrected chi connectivity index (χ2v) is 6.51. The molecule has 0 saturated heterocycles. The fraction of sp³-hybridized carbons (Fsp3) is 0.400. The van der Waals surface area contributed by atoms with E-state index < -0.39 is 0 Å². The predicted octanol–water partition coefficient (Wildman–Crippen LogP) is 1.82. The van der Waals surface area contributed by atoms with Gasteiger partial charge in [0, 0.05) is 25.9 Å². The molecule has 9 heteroatoms. The van der Waals surface area contributed by atoms with Crippen molar-refractivity contribution in [3.8, 4) is 11.8 Å². The minimum atomic E-state index is -0.376. The summed E-state index contributed by atoms with van der Waals surface area (Å²) in [5.74, 6) is -0.522. The molecule has 0 aliphatic rings. The molecule has 0 atom stereocenters. The van der Waals surface area contributed by atoms with Crippen molar-refractivity contribution in [3.63, 3.8) is 0 Å². The zero-order chi connectivity index (χ0) is 21.2. The molecule has 4 N–H and O–H groups in total. The number of hydrogen-bond donors (Lipinski definition) is 3. The second-order valence-electron chi connectivity index (χ2n) is 6.51. The lowest BCUT2D eigenvalue weighted by atomic mass is 10.1. The van der Waals surface area contributed by atoms with Crippen LogP contribution in [0, 0.1) is 17.1 Å². The van der Waals surface area contributed by atoms with Gasteiger partial charge in [0.2, 0.25) is 11.8 Å².